The standard InChI is InChI=1S/C18H21N5O5/c1-2-28-18(25)22-8-6-14(7-9-22)20-12-13(11-19)17(24)21-15-4-3-5-16(10-15)23(26)27/h3-5,10,12,14,20H,2,6-9H2,1H3,(H,21,24)/b13-12-. The van der Waals surface area contributed by atoms with Crippen molar-refractivity contribution in [2.75, 3.05) is 25.0 Å². The van der Waals surface area contributed by atoms with E-state index in [9.17, 15) is 25.0 Å². The lowest BCUT2D eigenvalue weighted by Gasteiger charge is -2.31. The molecule has 0 aromatic heterocycles. The van der Waals surface area contributed by atoms with Gasteiger partial charge in [-0.05, 0) is 25.8 Å². The first-order valence-electron chi connectivity index (χ1n) is 8.78. The Hall–Kier alpha value is -3.61. The summed E-state index contributed by atoms with van der Waals surface area (Å²) >= 11 is 0. The van der Waals surface area contributed by atoms with Crippen LogP contribution in [-0.4, -0.2) is 47.6 Å². The lowest BCUT2D eigenvalue weighted by molar-refractivity contribution is -0.384. The van der Waals surface area contributed by atoms with E-state index in [1.807, 2.05) is 6.07 Å². The molecule has 0 aliphatic carbocycles. The van der Waals surface area contributed by atoms with Gasteiger partial charge < -0.3 is 20.3 Å². The summed E-state index contributed by atoms with van der Waals surface area (Å²) in [5, 5.41) is 25.5. The number of anilines is 1. The van der Waals surface area contributed by atoms with Crippen molar-refractivity contribution in [1.29, 1.82) is 5.26 Å². The Labute approximate surface area is 161 Å². The fraction of sp³-hybridized carbons (Fsp3) is 0.389. The van der Waals surface area contributed by atoms with Crippen molar-refractivity contribution >= 4 is 23.4 Å². The number of carbonyl (C=O) groups is 2. The third kappa shape index (κ3) is 5.70. The number of non-ortho nitro benzene ring substituents is 1. The highest BCUT2D eigenvalue weighted by Gasteiger charge is 2.23. The van der Waals surface area contributed by atoms with Crippen LogP contribution in [0.15, 0.2) is 36.0 Å². The molecule has 2 N–H and O–H groups in total. The molecule has 2 amide bonds. The van der Waals surface area contributed by atoms with Gasteiger partial charge in [0.1, 0.15) is 11.6 Å². The molecular formula is C18H21N5O5. The van der Waals surface area contributed by atoms with Gasteiger partial charge >= 0.3 is 6.09 Å². The van der Waals surface area contributed by atoms with E-state index in [0.717, 1.165) is 0 Å². The second-order valence-corrected chi connectivity index (χ2v) is 6.06. The molecule has 0 unspecified atom stereocenters. The summed E-state index contributed by atoms with van der Waals surface area (Å²) in [5.74, 6) is -0.667. The number of piperidine rings is 1. The number of nitriles is 1. The van der Waals surface area contributed by atoms with Gasteiger partial charge in [-0.1, -0.05) is 6.07 Å². The lowest BCUT2D eigenvalue weighted by atomic mass is 10.1. The van der Waals surface area contributed by atoms with Gasteiger partial charge in [0, 0.05) is 43.2 Å². The first-order chi connectivity index (χ1) is 13.4. The number of benzene rings is 1. The Kier molecular flexibility index (Phi) is 7.33. The van der Waals surface area contributed by atoms with Crippen molar-refractivity contribution in [3.8, 4) is 6.07 Å². The summed E-state index contributed by atoms with van der Waals surface area (Å²) in [6, 6.07) is 7.29. The van der Waals surface area contributed by atoms with Gasteiger partial charge in [0.25, 0.3) is 11.6 Å². The van der Waals surface area contributed by atoms with E-state index >= 15 is 0 Å². The van der Waals surface area contributed by atoms with Crippen molar-refractivity contribution in [3.05, 3.63) is 46.2 Å². The van der Waals surface area contributed by atoms with E-state index in [-0.39, 0.29) is 29.1 Å². The van der Waals surface area contributed by atoms with E-state index in [1.165, 1.54) is 30.5 Å². The van der Waals surface area contributed by atoms with Gasteiger partial charge in [-0.2, -0.15) is 5.26 Å². The predicted molar refractivity (Wildman–Crippen MR) is 100 cm³/mol. The molecule has 0 spiro atoms. The highest BCUT2D eigenvalue weighted by molar-refractivity contribution is 6.06. The van der Waals surface area contributed by atoms with Crippen LogP contribution in [0.5, 0.6) is 0 Å². The SMILES string of the molecule is CCOC(=O)N1CCC(N/C=C(/C#N)C(=O)Nc2cccc([N+](=O)[O-])c2)CC1. The third-order valence-electron chi connectivity index (χ3n) is 4.16. The summed E-state index contributed by atoms with van der Waals surface area (Å²) in [6.07, 6.45) is 2.30. The van der Waals surface area contributed by atoms with Gasteiger partial charge in [0.15, 0.2) is 0 Å². The third-order valence-corrected chi connectivity index (χ3v) is 4.16. The molecule has 1 aliphatic heterocycles. The Morgan fingerprint density at radius 2 is 2.14 bits per heavy atom. The van der Waals surface area contributed by atoms with Crippen LogP contribution in [0.1, 0.15) is 19.8 Å². The highest BCUT2D eigenvalue weighted by atomic mass is 16.6. The zero-order chi connectivity index (χ0) is 20.5. The fourth-order valence-corrected chi connectivity index (χ4v) is 2.69. The maximum Gasteiger partial charge on any atom is 0.409 e. The fourth-order valence-electron chi connectivity index (χ4n) is 2.69. The van der Waals surface area contributed by atoms with E-state index in [1.54, 1.807) is 11.8 Å². The number of hydrogen-bond acceptors (Lipinski definition) is 7. The molecule has 1 aliphatic rings. The van der Waals surface area contributed by atoms with E-state index in [0.29, 0.717) is 32.5 Å². The number of hydrogen-bond donors (Lipinski definition) is 2. The maximum absolute atomic E-state index is 12.2. The molecule has 1 aromatic rings. The summed E-state index contributed by atoms with van der Waals surface area (Å²) in [6.45, 7) is 3.11. The number of nitrogens with zero attached hydrogens (tertiary/aromatic N) is 3. The van der Waals surface area contributed by atoms with Crippen LogP contribution in [0.4, 0.5) is 16.2 Å². The number of likely N-dealkylation sites (tertiary alicyclic amines) is 1. The van der Waals surface area contributed by atoms with Gasteiger partial charge in [-0.15, -0.1) is 0 Å². The van der Waals surface area contributed by atoms with Crippen LogP contribution >= 0.6 is 0 Å². The maximum atomic E-state index is 12.2. The second-order valence-electron chi connectivity index (χ2n) is 6.06. The molecule has 0 radical (unpaired) electrons. The van der Waals surface area contributed by atoms with Crippen LogP contribution in [-0.2, 0) is 9.53 Å². The Morgan fingerprint density at radius 3 is 2.75 bits per heavy atom. The molecule has 10 heteroatoms. The van der Waals surface area contributed by atoms with Crippen molar-refractivity contribution in [2.45, 2.75) is 25.8 Å². The Morgan fingerprint density at radius 1 is 1.43 bits per heavy atom. The van der Waals surface area contributed by atoms with Crippen molar-refractivity contribution in [2.24, 2.45) is 0 Å². The van der Waals surface area contributed by atoms with Crippen LogP contribution in [0.2, 0.25) is 0 Å². The molecule has 0 atom stereocenters. The van der Waals surface area contributed by atoms with Crippen LogP contribution in [0, 0.1) is 21.4 Å². The van der Waals surface area contributed by atoms with Gasteiger partial charge in [-0.3, -0.25) is 14.9 Å². The minimum Gasteiger partial charge on any atom is -0.450 e. The van der Waals surface area contributed by atoms with Gasteiger partial charge in [0.2, 0.25) is 0 Å². The first kappa shape index (κ1) is 20.7. The summed E-state index contributed by atoms with van der Waals surface area (Å²) in [4.78, 5) is 35.8. The molecule has 0 saturated carbocycles. The van der Waals surface area contributed by atoms with Crippen molar-refractivity contribution in [1.82, 2.24) is 10.2 Å². The molecule has 148 valence electrons. The molecule has 28 heavy (non-hydrogen) atoms. The molecule has 1 saturated heterocycles. The van der Waals surface area contributed by atoms with Crippen LogP contribution in [0.25, 0.3) is 0 Å². The van der Waals surface area contributed by atoms with Crippen molar-refractivity contribution in [3.63, 3.8) is 0 Å². The number of carbonyl (C=O) groups excluding carboxylic acids is 2. The minimum atomic E-state index is -0.667. The average Bonchev–Trinajstić information content (AvgIpc) is 2.69. The molecule has 0 bridgehead atoms. The largest absolute Gasteiger partial charge is 0.450 e. The monoisotopic (exact) mass is 387 g/mol. The number of nitro benzene ring substituents is 1. The summed E-state index contributed by atoms with van der Waals surface area (Å²) in [7, 11) is 0. The topological polar surface area (TPSA) is 138 Å². The summed E-state index contributed by atoms with van der Waals surface area (Å²) < 4.78 is 4.96. The molecule has 1 aromatic carbocycles. The highest BCUT2D eigenvalue weighted by Crippen LogP contribution is 2.17. The summed E-state index contributed by atoms with van der Waals surface area (Å²) in [5.41, 5.74) is -0.0887. The quantitative estimate of drug-likeness (QED) is 0.330. The van der Waals surface area contributed by atoms with Crippen LogP contribution < -0.4 is 10.6 Å². The zero-order valence-corrected chi connectivity index (χ0v) is 15.4. The molecule has 10 nitrogen and oxygen atoms in total. The lowest BCUT2D eigenvalue weighted by Crippen LogP contribution is -2.44. The van der Waals surface area contributed by atoms with E-state index < -0.39 is 10.8 Å². The van der Waals surface area contributed by atoms with Gasteiger partial charge in [0.05, 0.1) is 11.5 Å². The van der Waals surface area contributed by atoms with E-state index in [2.05, 4.69) is 10.6 Å². The van der Waals surface area contributed by atoms with Crippen LogP contribution in [0.3, 0.4) is 0 Å². The molecule has 1 heterocycles. The predicted octanol–water partition coefficient (Wildman–Crippen LogP) is 2.15. The number of rotatable bonds is 6. The number of amides is 2. The zero-order valence-electron chi connectivity index (χ0n) is 15.4. The second kappa shape index (κ2) is 9.91. The minimum absolute atomic E-state index is 0.0136. The molecular weight excluding hydrogens is 366 g/mol. The Bertz CT molecular complexity index is 809. The average molecular weight is 387 g/mol. The van der Waals surface area contributed by atoms with Gasteiger partial charge in [-0.25, -0.2) is 4.79 Å². The Balaban J connectivity index is 1.91. The normalized spacial score (nSPS) is 14.7. The first-order valence-corrected chi connectivity index (χ1v) is 8.78. The smallest absolute Gasteiger partial charge is 0.409 e. The molecule has 2 rings (SSSR count). The van der Waals surface area contributed by atoms with Crippen molar-refractivity contribution < 1.29 is 19.2 Å². The number of nitrogens with one attached hydrogen (secondary N) is 2. The molecule has 1 fully saturated rings. The number of nitro groups is 1. The number of ether oxygens (including phenoxy) is 1. The van der Waals surface area contributed by atoms with E-state index in [4.69, 9.17) is 4.74 Å².